The predicted molar refractivity (Wildman–Crippen MR) is 75.4 cm³/mol. The zero-order chi connectivity index (χ0) is 14.5. The molecule has 0 spiro atoms. The number of hydrogen-bond donors (Lipinski definition) is 0. The van der Waals surface area contributed by atoms with E-state index < -0.39 is 11.6 Å². The first-order valence-electron chi connectivity index (χ1n) is 6.10. The van der Waals surface area contributed by atoms with Crippen LogP contribution in [0.3, 0.4) is 0 Å². The van der Waals surface area contributed by atoms with Crippen LogP contribution in [0.5, 0.6) is 0 Å². The molecule has 3 heteroatoms. The van der Waals surface area contributed by atoms with Crippen molar-refractivity contribution in [2.75, 3.05) is 0 Å². The maximum absolute atomic E-state index is 12.9. The third kappa shape index (κ3) is 2.81. The second-order valence-electron chi connectivity index (χ2n) is 4.31. The van der Waals surface area contributed by atoms with E-state index in [4.69, 9.17) is 0 Å². The molecule has 98 valence electrons. The fraction of sp³-hybridized carbons (Fsp3) is 0.0588. The normalized spacial score (nSPS) is 11.4. The standard InChI is InChI=1S/C17H12FNO/c1-12(13-5-3-2-4-6-13)16(11-19)17(20)14-7-9-15(18)10-8-14/h2-10H,1H3/b16-12+. The Labute approximate surface area is 116 Å². The Morgan fingerprint density at radius 1 is 1.00 bits per heavy atom. The highest BCUT2D eigenvalue weighted by Crippen LogP contribution is 2.21. The van der Waals surface area contributed by atoms with E-state index in [1.54, 1.807) is 6.92 Å². The van der Waals surface area contributed by atoms with Crippen LogP contribution in [-0.2, 0) is 0 Å². The summed E-state index contributed by atoms with van der Waals surface area (Å²) in [5.74, 6) is -0.808. The summed E-state index contributed by atoms with van der Waals surface area (Å²) in [6.45, 7) is 1.73. The van der Waals surface area contributed by atoms with Gasteiger partial charge in [-0.1, -0.05) is 30.3 Å². The number of carbonyl (C=O) groups is 1. The lowest BCUT2D eigenvalue weighted by atomic mass is 9.96. The number of nitriles is 1. The molecule has 0 aromatic heterocycles. The van der Waals surface area contributed by atoms with Crippen LogP contribution in [-0.4, -0.2) is 5.78 Å². The molecule has 0 saturated heterocycles. The van der Waals surface area contributed by atoms with E-state index in [-0.39, 0.29) is 5.57 Å². The van der Waals surface area contributed by atoms with Gasteiger partial charge in [0.1, 0.15) is 17.5 Å². The molecule has 0 bridgehead atoms. The zero-order valence-electron chi connectivity index (χ0n) is 10.9. The van der Waals surface area contributed by atoms with Crippen molar-refractivity contribution in [1.82, 2.24) is 0 Å². The number of halogens is 1. The molecule has 2 nitrogen and oxygen atoms in total. The molecular formula is C17H12FNO. The van der Waals surface area contributed by atoms with Gasteiger partial charge in [-0.3, -0.25) is 4.79 Å². The molecule has 20 heavy (non-hydrogen) atoms. The lowest BCUT2D eigenvalue weighted by molar-refractivity contribution is 0.103. The number of allylic oxidation sites excluding steroid dienone is 2. The molecule has 2 aromatic rings. The summed E-state index contributed by atoms with van der Waals surface area (Å²) >= 11 is 0. The minimum Gasteiger partial charge on any atom is -0.288 e. The van der Waals surface area contributed by atoms with Crippen molar-refractivity contribution in [3.05, 3.63) is 77.1 Å². The molecule has 0 saturated carbocycles. The highest BCUT2D eigenvalue weighted by Gasteiger charge is 2.15. The van der Waals surface area contributed by atoms with Crippen molar-refractivity contribution in [1.29, 1.82) is 5.26 Å². The van der Waals surface area contributed by atoms with Gasteiger partial charge in [0.15, 0.2) is 0 Å². The largest absolute Gasteiger partial charge is 0.288 e. The topological polar surface area (TPSA) is 40.9 Å². The number of Topliss-reactive ketones (excluding diaryl/α,β-unsaturated/α-hetero) is 1. The number of hydrogen-bond acceptors (Lipinski definition) is 2. The van der Waals surface area contributed by atoms with Crippen LogP contribution < -0.4 is 0 Å². The molecule has 0 aliphatic rings. The molecule has 0 aliphatic carbocycles. The van der Waals surface area contributed by atoms with E-state index in [2.05, 4.69) is 0 Å². The smallest absolute Gasteiger partial charge is 0.203 e. The van der Waals surface area contributed by atoms with E-state index in [0.29, 0.717) is 11.1 Å². The summed E-state index contributed by atoms with van der Waals surface area (Å²) in [6, 6.07) is 16.4. The van der Waals surface area contributed by atoms with Gasteiger partial charge in [-0.2, -0.15) is 5.26 Å². The summed E-state index contributed by atoms with van der Waals surface area (Å²) in [5, 5.41) is 9.24. The number of rotatable bonds is 3. The Morgan fingerprint density at radius 2 is 1.60 bits per heavy atom. The molecule has 0 aliphatic heterocycles. The van der Waals surface area contributed by atoms with E-state index in [0.717, 1.165) is 5.56 Å². The highest BCUT2D eigenvalue weighted by atomic mass is 19.1. The maximum Gasteiger partial charge on any atom is 0.203 e. The van der Waals surface area contributed by atoms with Crippen LogP contribution in [0.15, 0.2) is 60.2 Å². The Hall–Kier alpha value is -2.73. The first-order valence-corrected chi connectivity index (χ1v) is 6.10. The van der Waals surface area contributed by atoms with Gasteiger partial charge in [-0.15, -0.1) is 0 Å². The quantitative estimate of drug-likeness (QED) is 0.478. The fourth-order valence-electron chi connectivity index (χ4n) is 1.88. The van der Waals surface area contributed by atoms with Gasteiger partial charge >= 0.3 is 0 Å². The van der Waals surface area contributed by atoms with Crippen LogP contribution in [0.1, 0.15) is 22.8 Å². The molecule has 2 rings (SSSR count). The molecule has 0 N–H and O–H groups in total. The first-order chi connectivity index (χ1) is 9.63. The van der Waals surface area contributed by atoms with E-state index >= 15 is 0 Å². The molecule has 0 heterocycles. The van der Waals surface area contributed by atoms with Gasteiger partial charge in [-0.05, 0) is 42.3 Å². The van der Waals surface area contributed by atoms with Crippen LogP contribution in [0.4, 0.5) is 4.39 Å². The van der Waals surface area contributed by atoms with Crippen molar-refractivity contribution < 1.29 is 9.18 Å². The van der Waals surface area contributed by atoms with E-state index in [1.807, 2.05) is 36.4 Å². The van der Waals surface area contributed by atoms with Gasteiger partial charge in [0.2, 0.25) is 5.78 Å². The summed E-state index contributed by atoms with van der Waals surface area (Å²) in [5.41, 5.74) is 1.81. The van der Waals surface area contributed by atoms with Gasteiger partial charge in [-0.25, -0.2) is 4.39 Å². The fourth-order valence-corrected chi connectivity index (χ4v) is 1.88. The summed E-state index contributed by atoms with van der Waals surface area (Å²) in [7, 11) is 0. The minimum absolute atomic E-state index is 0.0720. The highest BCUT2D eigenvalue weighted by molar-refractivity contribution is 6.15. The minimum atomic E-state index is -0.413. The third-order valence-corrected chi connectivity index (χ3v) is 3.03. The molecular weight excluding hydrogens is 253 g/mol. The van der Waals surface area contributed by atoms with Crippen LogP contribution >= 0.6 is 0 Å². The molecule has 0 amide bonds. The van der Waals surface area contributed by atoms with Crippen molar-refractivity contribution in [3.63, 3.8) is 0 Å². The van der Waals surface area contributed by atoms with Crippen LogP contribution in [0, 0.1) is 17.1 Å². The van der Waals surface area contributed by atoms with Crippen LogP contribution in [0.25, 0.3) is 5.57 Å². The molecule has 0 unspecified atom stereocenters. The summed E-state index contributed by atoms with van der Waals surface area (Å²) < 4.78 is 12.9. The number of ketones is 1. The molecule has 0 fully saturated rings. The van der Waals surface area contributed by atoms with Crippen LogP contribution in [0.2, 0.25) is 0 Å². The zero-order valence-corrected chi connectivity index (χ0v) is 10.9. The van der Waals surface area contributed by atoms with Gasteiger partial charge in [0, 0.05) is 5.56 Å². The molecule has 0 atom stereocenters. The second kappa shape index (κ2) is 5.94. The first kappa shape index (κ1) is 13.7. The second-order valence-corrected chi connectivity index (χ2v) is 4.31. The van der Waals surface area contributed by atoms with Gasteiger partial charge in [0.25, 0.3) is 0 Å². The van der Waals surface area contributed by atoms with Crippen molar-refractivity contribution >= 4 is 11.4 Å². The van der Waals surface area contributed by atoms with Crippen molar-refractivity contribution in [3.8, 4) is 6.07 Å². The van der Waals surface area contributed by atoms with E-state index in [1.165, 1.54) is 24.3 Å². The monoisotopic (exact) mass is 265 g/mol. The number of carbonyl (C=O) groups excluding carboxylic acids is 1. The molecule has 0 radical (unpaired) electrons. The number of benzene rings is 2. The number of nitrogens with zero attached hydrogens (tertiary/aromatic N) is 1. The lowest BCUT2D eigenvalue weighted by Gasteiger charge is -2.05. The third-order valence-electron chi connectivity index (χ3n) is 3.03. The average Bonchev–Trinajstić information content (AvgIpc) is 2.49. The predicted octanol–water partition coefficient (Wildman–Crippen LogP) is 4.01. The van der Waals surface area contributed by atoms with Crippen molar-refractivity contribution in [2.45, 2.75) is 6.92 Å². The van der Waals surface area contributed by atoms with E-state index in [9.17, 15) is 14.4 Å². The Morgan fingerprint density at radius 3 is 2.15 bits per heavy atom. The Bertz CT molecular complexity index is 694. The molecule has 2 aromatic carbocycles. The Kier molecular flexibility index (Phi) is 4.07. The van der Waals surface area contributed by atoms with Gasteiger partial charge < -0.3 is 0 Å². The maximum atomic E-state index is 12.9. The lowest BCUT2D eigenvalue weighted by Crippen LogP contribution is -2.04. The Balaban J connectivity index is 2.45. The van der Waals surface area contributed by atoms with Gasteiger partial charge in [0.05, 0.1) is 0 Å². The summed E-state index contributed by atoms with van der Waals surface area (Å²) in [4.78, 5) is 12.3. The summed E-state index contributed by atoms with van der Waals surface area (Å²) in [6.07, 6.45) is 0. The average molecular weight is 265 g/mol. The SMILES string of the molecule is C/C(=C(/C#N)C(=O)c1ccc(F)cc1)c1ccccc1. The van der Waals surface area contributed by atoms with Crippen molar-refractivity contribution in [2.24, 2.45) is 0 Å².